The van der Waals surface area contributed by atoms with Gasteiger partial charge >= 0.3 is 5.69 Å². The lowest BCUT2D eigenvalue weighted by molar-refractivity contribution is 0.586. The Balaban J connectivity index is 2.66. The molecule has 0 saturated carbocycles. The van der Waals surface area contributed by atoms with E-state index in [9.17, 15) is 4.79 Å². The van der Waals surface area contributed by atoms with Crippen molar-refractivity contribution in [1.29, 1.82) is 0 Å². The van der Waals surface area contributed by atoms with Gasteiger partial charge in [0.2, 0.25) is 0 Å². The van der Waals surface area contributed by atoms with Gasteiger partial charge in [-0.3, -0.25) is 4.57 Å². The molecule has 0 bridgehead atoms. The summed E-state index contributed by atoms with van der Waals surface area (Å²) < 4.78 is 1.81. The first-order chi connectivity index (χ1) is 8.00. The summed E-state index contributed by atoms with van der Waals surface area (Å²) in [7, 11) is 0. The maximum atomic E-state index is 11.8. The van der Waals surface area contributed by atoms with E-state index in [1.54, 1.807) is 4.57 Å². The van der Waals surface area contributed by atoms with Crippen LogP contribution in [0, 0.1) is 13.8 Å². The number of hydrogen-bond donors (Lipinski definition) is 1. The molecule has 1 N–H and O–H groups in total. The number of H-pyrrole nitrogens is 1. The topological polar surface area (TPSA) is 37.8 Å². The minimum Gasteiger partial charge on any atom is -0.309 e. The van der Waals surface area contributed by atoms with Gasteiger partial charge in [0.15, 0.2) is 0 Å². The van der Waals surface area contributed by atoms with Crippen LogP contribution >= 0.6 is 0 Å². The molecule has 0 spiro atoms. The summed E-state index contributed by atoms with van der Waals surface area (Å²) in [5, 5.41) is 0. The summed E-state index contributed by atoms with van der Waals surface area (Å²) in [5.74, 6) is 0. The summed E-state index contributed by atoms with van der Waals surface area (Å²) in [6.07, 6.45) is 0. The highest BCUT2D eigenvalue weighted by Gasteiger charge is 2.14. The summed E-state index contributed by atoms with van der Waals surface area (Å²) in [5.41, 5.74) is 4.19. The first-order valence-corrected chi connectivity index (χ1v) is 5.89. The van der Waals surface area contributed by atoms with E-state index in [1.165, 1.54) is 5.56 Å². The van der Waals surface area contributed by atoms with Gasteiger partial charge in [-0.2, -0.15) is 0 Å². The van der Waals surface area contributed by atoms with E-state index in [4.69, 9.17) is 0 Å². The van der Waals surface area contributed by atoms with Crippen molar-refractivity contribution in [3.8, 4) is 11.3 Å². The molecule has 0 atom stereocenters. The lowest BCUT2D eigenvalue weighted by atomic mass is 10.1. The van der Waals surface area contributed by atoms with Crippen LogP contribution in [0.1, 0.15) is 31.1 Å². The van der Waals surface area contributed by atoms with Gasteiger partial charge in [-0.1, -0.05) is 29.8 Å². The smallest absolute Gasteiger partial charge is 0.309 e. The van der Waals surface area contributed by atoms with Crippen LogP contribution in [0.4, 0.5) is 0 Å². The molecule has 90 valence electrons. The highest BCUT2D eigenvalue weighted by molar-refractivity contribution is 5.62. The predicted molar refractivity (Wildman–Crippen MR) is 70.3 cm³/mol. The van der Waals surface area contributed by atoms with E-state index in [1.807, 2.05) is 20.8 Å². The molecule has 2 rings (SSSR count). The Kier molecular flexibility index (Phi) is 2.92. The van der Waals surface area contributed by atoms with Crippen molar-refractivity contribution in [2.75, 3.05) is 0 Å². The Morgan fingerprint density at radius 2 is 1.71 bits per heavy atom. The molecule has 0 amide bonds. The highest BCUT2D eigenvalue weighted by Crippen LogP contribution is 2.24. The lowest BCUT2D eigenvalue weighted by Crippen LogP contribution is -2.19. The van der Waals surface area contributed by atoms with Crippen LogP contribution in [-0.4, -0.2) is 9.55 Å². The summed E-state index contributed by atoms with van der Waals surface area (Å²) in [6.45, 7) is 8.04. The molecule has 0 saturated heterocycles. The molecular formula is C14H18N2O. The minimum absolute atomic E-state index is 0.0342. The molecule has 17 heavy (non-hydrogen) atoms. The van der Waals surface area contributed by atoms with E-state index in [0.29, 0.717) is 0 Å². The van der Waals surface area contributed by atoms with E-state index < -0.39 is 0 Å². The molecule has 1 aromatic carbocycles. The number of nitrogens with zero attached hydrogens (tertiary/aromatic N) is 1. The predicted octanol–water partition coefficient (Wildman–Crippen LogP) is 3.04. The van der Waals surface area contributed by atoms with Crippen molar-refractivity contribution in [1.82, 2.24) is 9.55 Å². The number of benzene rings is 1. The Morgan fingerprint density at radius 3 is 2.24 bits per heavy atom. The van der Waals surface area contributed by atoms with Gasteiger partial charge in [0.05, 0.1) is 5.69 Å². The number of nitrogens with one attached hydrogen (secondary N) is 1. The number of rotatable bonds is 2. The van der Waals surface area contributed by atoms with Gasteiger partial charge in [0.1, 0.15) is 0 Å². The fourth-order valence-electron chi connectivity index (χ4n) is 2.12. The van der Waals surface area contributed by atoms with Crippen LogP contribution in [0.15, 0.2) is 29.1 Å². The number of aromatic nitrogens is 2. The lowest BCUT2D eigenvalue weighted by Gasteiger charge is -2.12. The van der Waals surface area contributed by atoms with Crippen LogP contribution in [0.25, 0.3) is 11.3 Å². The Hall–Kier alpha value is -1.77. The van der Waals surface area contributed by atoms with Crippen molar-refractivity contribution in [3.05, 3.63) is 46.0 Å². The fraction of sp³-hybridized carbons (Fsp3) is 0.357. The SMILES string of the molecule is Cc1ccc(-c2c(C)[nH]c(=O)n2C(C)C)cc1. The van der Waals surface area contributed by atoms with Crippen molar-refractivity contribution in [3.63, 3.8) is 0 Å². The van der Waals surface area contributed by atoms with Gasteiger partial charge in [0, 0.05) is 17.3 Å². The van der Waals surface area contributed by atoms with Crippen LogP contribution in [0.2, 0.25) is 0 Å². The monoisotopic (exact) mass is 230 g/mol. The third kappa shape index (κ3) is 2.05. The highest BCUT2D eigenvalue weighted by atomic mass is 16.1. The Labute approximate surface area is 101 Å². The van der Waals surface area contributed by atoms with Crippen molar-refractivity contribution < 1.29 is 0 Å². The molecule has 1 aromatic heterocycles. The standard InChI is InChI=1S/C14H18N2O/c1-9(2)16-13(11(4)15-14(16)17)12-7-5-10(3)6-8-12/h5-9H,1-4H3,(H,15,17). The zero-order chi connectivity index (χ0) is 12.6. The van der Waals surface area contributed by atoms with Gasteiger partial charge in [-0.25, -0.2) is 4.79 Å². The van der Waals surface area contributed by atoms with Crippen molar-refractivity contribution in [2.45, 2.75) is 33.7 Å². The van der Waals surface area contributed by atoms with Crippen LogP contribution < -0.4 is 5.69 Å². The molecule has 0 unspecified atom stereocenters. The van der Waals surface area contributed by atoms with Crippen LogP contribution in [-0.2, 0) is 0 Å². The molecule has 0 aliphatic carbocycles. The summed E-state index contributed by atoms with van der Waals surface area (Å²) in [6, 6.07) is 8.41. The zero-order valence-electron chi connectivity index (χ0n) is 10.7. The number of imidazole rings is 1. The normalized spacial score (nSPS) is 11.1. The second-order valence-electron chi connectivity index (χ2n) is 4.73. The van der Waals surface area contributed by atoms with Crippen LogP contribution in [0.3, 0.4) is 0 Å². The maximum Gasteiger partial charge on any atom is 0.326 e. The van der Waals surface area contributed by atoms with Gasteiger partial charge in [0.25, 0.3) is 0 Å². The summed E-state index contributed by atoms with van der Waals surface area (Å²) >= 11 is 0. The molecular weight excluding hydrogens is 212 g/mol. The van der Waals surface area contributed by atoms with E-state index in [2.05, 4.69) is 36.2 Å². The molecule has 3 nitrogen and oxygen atoms in total. The average molecular weight is 230 g/mol. The molecule has 0 aliphatic rings. The first-order valence-electron chi connectivity index (χ1n) is 5.89. The molecule has 1 heterocycles. The first kappa shape index (κ1) is 11.7. The largest absolute Gasteiger partial charge is 0.326 e. The third-order valence-corrected chi connectivity index (χ3v) is 2.95. The quantitative estimate of drug-likeness (QED) is 0.846. The maximum absolute atomic E-state index is 11.8. The van der Waals surface area contributed by atoms with E-state index in [-0.39, 0.29) is 11.7 Å². The number of hydrogen-bond acceptors (Lipinski definition) is 1. The third-order valence-electron chi connectivity index (χ3n) is 2.95. The van der Waals surface area contributed by atoms with Gasteiger partial charge in [-0.15, -0.1) is 0 Å². The zero-order valence-corrected chi connectivity index (χ0v) is 10.7. The van der Waals surface area contributed by atoms with E-state index >= 15 is 0 Å². The number of aryl methyl sites for hydroxylation is 2. The van der Waals surface area contributed by atoms with Crippen LogP contribution in [0.5, 0.6) is 0 Å². The number of aromatic amines is 1. The van der Waals surface area contributed by atoms with Crippen molar-refractivity contribution in [2.24, 2.45) is 0 Å². The Morgan fingerprint density at radius 1 is 1.12 bits per heavy atom. The average Bonchev–Trinajstić information content (AvgIpc) is 2.55. The fourth-order valence-corrected chi connectivity index (χ4v) is 2.12. The molecule has 0 radical (unpaired) electrons. The second kappa shape index (κ2) is 4.24. The summed E-state index contributed by atoms with van der Waals surface area (Å²) in [4.78, 5) is 14.7. The second-order valence-corrected chi connectivity index (χ2v) is 4.73. The molecule has 0 aliphatic heterocycles. The Bertz CT molecular complexity index is 573. The minimum atomic E-state index is -0.0342. The van der Waals surface area contributed by atoms with Gasteiger partial charge in [-0.05, 0) is 27.7 Å². The molecule has 0 fully saturated rings. The molecule has 3 heteroatoms. The molecule has 2 aromatic rings. The van der Waals surface area contributed by atoms with Crippen molar-refractivity contribution >= 4 is 0 Å². The van der Waals surface area contributed by atoms with Gasteiger partial charge < -0.3 is 4.98 Å². The van der Waals surface area contributed by atoms with E-state index in [0.717, 1.165) is 17.0 Å².